The van der Waals surface area contributed by atoms with Crippen molar-refractivity contribution in [2.75, 3.05) is 13.2 Å². The Balaban J connectivity index is 1.71. The van der Waals surface area contributed by atoms with Crippen LogP contribution >= 0.6 is 0 Å². The van der Waals surface area contributed by atoms with Gasteiger partial charge in [-0.15, -0.1) is 0 Å². The average Bonchev–Trinajstić information content (AvgIpc) is 2.89. The summed E-state index contributed by atoms with van der Waals surface area (Å²) in [7, 11) is 0. The fraction of sp³-hybridized carbons (Fsp3) is 0.533. The zero-order chi connectivity index (χ0) is 14.4. The van der Waals surface area contributed by atoms with Crippen LogP contribution in [-0.2, 0) is 0 Å². The van der Waals surface area contributed by atoms with Crippen molar-refractivity contribution in [3.05, 3.63) is 29.8 Å². The molecule has 4 N–H and O–H groups in total. The lowest BCUT2D eigenvalue weighted by Crippen LogP contribution is -2.34. The number of nitrogens with zero attached hydrogens (tertiary/aromatic N) is 1. The molecule has 1 aliphatic rings. The topological polar surface area (TPSA) is 79.9 Å². The third-order valence-electron chi connectivity index (χ3n) is 3.90. The van der Waals surface area contributed by atoms with Gasteiger partial charge in [-0.25, -0.2) is 0 Å². The molecule has 5 heteroatoms. The summed E-state index contributed by atoms with van der Waals surface area (Å²) in [6, 6.07) is 7.84. The smallest absolute Gasteiger partial charge is 0.170 e. The van der Waals surface area contributed by atoms with Crippen LogP contribution in [0.1, 0.15) is 31.7 Å². The molecule has 20 heavy (non-hydrogen) atoms. The maximum absolute atomic E-state index is 8.58. The van der Waals surface area contributed by atoms with Gasteiger partial charge in [0, 0.05) is 18.2 Å². The second-order valence-electron chi connectivity index (χ2n) is 5.33. The molecule has 1 aromatic carbocycles. The molecule has 110 valence electrons. The number of rotatable bonds is 6. The van der Waals surface area contributed by atoms with Gasteiger partial charge >= 0.3 is 0 Å². The van der Waals surface area contributed by atoms with Gasteiger partial charge < -0.3 is 21.0 Å². The molecule has 2 rings (SSSR count). The SMILES string of the molecule is CC1CCCC1NCCOc1ccc(C(N)=NO)cc1. The normalized spacial score (nSPS) is 22.9. The number of hydrogen-bond donors (Lipinski definition) is 3. The number of nitrogens with one attached hydrogen (secondary N) is 1. The summed E-state index contributed by atoms with van der Waals surface area (Å²) in [5, 5.41) is 15.1. The standard InChI is InChI=1S/C15H23N3O2/c1-11-3-2-4-14(11)17-9-10-20-13-7-5-12(6-8-13)15(16)18-19/h5-8,11,14,17,19H,2-4,9-10H2,1H3,(H2,16,18). The number of ether oxygens (including phenoxy) is 1. The molecule has 0 amide bonds. The van der Waals surface area contributed by atoms with Crippen molar-refractivity contribution < 1.29 is 9.94 Å². The Bertz CT molecular complexity index is 445. The predicted molar refractivity (Wildman–Crippen MR) is 79.3 cm³/mol. The van der Waals surface area contributed by atoms with Crippen LogP contribution in [0.3, 0.4) is 0 Å². The summed E-state index contributed by atoms with van der Waals surface area (Å²) in [5.74, 6) is 1.67. The first-order chi connectivity index (χ1) is 9.70. The van der Waals surface area contributed by atoms with Crippen LogP contribution in [0.4, 0.5) is 0 Å². The predicted octanol–water partition coefficient (Wildman–Crippen LogP) is 1.94. The quantitative estimate of drug-likeness (QED) is 0.244. The third-order valence-corrected chi connectivity index (χ3v) is 3.90. The molecule has 0 heterocycles. The molecule has 0 spiro atoms. The summed E-state index contributed by atoms with van der Waals surface area (Å²) in [6.07, 6.45) is 3.93. The van der Waals surface area contributed by atoms with E-state index >= 15 is 0 Å². The molecule has 2 unspecified atom stereocenters. The number of benzene rings is 1. The average molecular weight is 277 g/mol. The monoisotopic (exact) mass is 277 g/mol. The minimum atomic E-state index is 0.105. The van der Waals surface area contributed by atoms with Gasteiger partial charge in [0.15, 0.2) is 5.84 Å². The van der Waals surface area contributed by atoms with Crippen molar-refractivity contribution in [2.45, 2.75) is 32.2 Å². The van der Waals surface area contributed by atoms with Gasteiger partial charge in [-0.05, 0) is 43.0 Å². The first-order valence-corrected chi connectivity index (χ1v) is 7.15. The summed E-state index contributed by atoms with van der Waals surface area (Å²) in [5.41, 5.74) is 6.18. The highest BCUT2D eigenvalue weighted by molar-refractivity contribution is 5.97. The van der Waals surface area contributed by atoms with E-state index in [-0.39, 0.29) is 5.84 Å². The van der Waals surface area contributed by atoms with E-state index < -0.39 is 0 Å². The Labute approximate surface area is 119 Å². The van der Waals surface area contributed by atoms with Crippen molar-refractivity contribution in [3.8, 4) is 5.75 Å². The van der Waals surface area contributed by atoms with Gasteiger partial charge in [0.05, 0.1) is 0 Å². The zero-order valence-corrected chi connectivity index (χ0v) is 11.9. The zero-order valence-electron chi connectivity index (χ0n) is 11.9. The first kappa shape index (κ1) is 14.7. The molecule has 0 radical (unpaired) electrons. The highest BCUT2D eigenvalue weighted by Crippen LogP contribution is 2.24. The van der Waals surface area contributed by atoms with E-state index in [0.717, 1.165) is 18.2 Å². The summed E-state index contributed by atoms with van der Waals surface area (Å²) in [4.78, 5) is 0. The lowest BCUT2D eigenvalue weighted by atomic mass is 10.1. The van der Waals surface area contributed by atoms with Crippen LogP contribution in [0.25, 0.3) is 0 Å². The van der Waals surface area contributed by atoms with Crippen LogP contribution in [0.2, 0.25) is 0 Å². The highest BCUT2D eigenvalue weighted by Gasteiger charge is 2.22. The van der Waals surface area contributed by atoms with Crippen molar-refractivity contribution in [3.63, 3.8) is 0 Å². The maximum Gasteiger partial charge on any atom is 0.170 e. The van der Waals surface area contributed by atoms with Crippen LogP contribution < -0.4 is 15.8 Å². The molecule has 0 bridgehead atoms. The van der Waals surface area contributed by atoms with E-state index in [0.29, 0.717) is 18.2 Å². The Hall–Kier alpha value is -1.75. The van der Waals surface area contributed by atoms with Gasteiger partial charge in [0.2, 0.25) is 0 Å². The van der Waals surface area contributed by atoms with E-state index in [2.05, 4.69) is 17.4 Å². The van der Waals surface area contributed by atoms with Gasteiger partial charge in [0.25, 0.3) is 0 Å². The Morgan fingerprint density at radius 1 is 1.40 bits per heavy atom. The maximum atomic E-state index is 8.58. The van der Waals surface area contributed by atoms with Crippen LogP contribution in [0.15, 0.2) is 29.4 Å². The summed E-state index contributed by atoms with van der Waals surface area (Å²) >= 11 is 0. The van der Waals surface area contributed by atoms with Crippen LogP contribution in [-0.4, -0.2) is 30.2 Å². The molecule has 1 aliphatic carbocycles. The number of nitrogens with two attached hydrogens (primary N) is 1. The van der Waals surface area contributed by atoms with Gasteiger partial charge in [-0.1, -0.05) is 18.5 Å². The molecule has 1 aromatic rings. The summed E-state index contributed by atoms with van der Waals surface area (Å²) in [6.45, 7) is 3.81. The summed E-state index contributed by atoms with van der Waals surface area (Å²) < 4.78 is 5.66. The number of oxime groups is 1. The lowest BCUT2D eigenvalue weighted by Gasteiger charge is -2.17. The van der Waals surface area contributed by atoms with E-state index in [1.807, 2.05) is 12.1 Å². The van der Waals surface area contributed by atoms with Gasteiger partial charge in [-0.3, -0.25) is 0 Å². The van der Waals surface area contributed by atoms with Crippen LogP contribution in [0, 0.1) is 5.92 Å². The molecule has 1 fully saturated rings. The number of amidine groups is 1. The second kappa shape index (κ2) is 7.14. The molecule has 2 atom stereocenters. The molecular weight excluding hydrogens is 254 g/mol. The first-order valence-electron chi connectivity index (χ1n) is 7.15. The Morgan fingerprint density at radius 2 is 2.15 bits per heavy atom. The van der Waals surface area contributed by atoms with Gasteiger partial charge in [-0.2, -0.15) is 0 Å². The largest absolute Gasteiger partial charge is 0.492 e. The molecular formula is C15H23N3O2. The van der Waals surface area contributed by atoms with Crippen LogP contribution in [0.5, 0.6) is 5.75 Å². The van der Waals surface area contributed by atoms with Gasteiger partial charge in [0.1, 0.15) is 12.4 Å². The Kier molecular flexibility index (Phi) is 5.24. The fourth-order valence-electron chi connectivity index (χ4n) is 2.64. The van der Waals surface area contributed by atoms with Crippen molar-refractivity contribution in [1.29, 1.82) is 0 Å². The molecule has 5 nitrogen and oxygen atoms in total. The molecule has 0 aromatic heterocycles. The highest BCUT2D eigenvalue weighted by atomic mass is 16.5. The van der Waals surface area contributed by atoms with E-state index in [1.165, 1.54) is 19.3 Å². The minimum Gasteiger partial charge on any atom is -0.492 e. The molecule has 0 aliphatic heterocycles. The molecule has 1 saturated carbocycles. The second-order valence-corrected chi connectivity index (χ2v) is 5.33. The Morgan fingerprint density at radius 3 is 2.75 bits per heavy atom. The number of hydrogen-bond acceptors (Lipinski definition) is 4. The fourth-order valence-corrected chi connectivity index (χ4v) is 2.64. The molecule has 0 saturated heterocycles. The lowest BCUT2D eigenvalue weighted by molar-refractivity contribution is 0.296. The minimum absolute atomic E-state index is 0.105. The van der Waals surface area contributed by atoms with E-state index in [4.69, 9.17) is 15.7 Å². The van der Waals surface area contributed by atoms with E-state index in [1.54, 1.807) is 12.1 Å². The third kappa shape index (κ3) is 3.87. The van der Waals surface area contributed by atoms with E-state index in [9.17, 15) is 0 Å². The van der Waals surface area contributed by atoms with Crippen molar-refractivity contribution >= 4 is 5.84 Å². The van der Waals surface area contributed by atoms with Crippen molar-refractivity contribution in [2.24, 2.45) is 16.8 Å². The van der Waals surface area contributed by atoms with Crippen molar-refractivity contribution in [1.82, 2.24) is 5.32 Å².